The van der Waals surface area contributed by atoms with Crippen LogP contribution in [0.15, 0.2) is 20.9 Å². The molecule has 0 radical (unpaired) electrons. The lowest BCUT2D eigenvalue weighted by Crippen LogP contribution is -2.06. The van der Waals surface area contributed by atoms with Crippen LogP contribution < -0.4 is 5.32 Å². The van der Waals surface area contributed by atoms with Gasteiger partial charge in [0, 0.05) is 18.5 Å². The highest BCUT2D eigenvalue weighted by atomic mass is 32.2. The van der Waals surface area contributed by atoms with E-state index in [0.29, 0.717) is 5.22 Å². The van der Waals surface area contributed by atoms with Crippen LogP contribution in [0.2, 0.25) is 0 Å². The minimum atomic E-state index is 0.276. The van der Waals surface area contributed by atoms with Crippen LogP contribution in [0.25, 0.3) is 0 Å². The van der Waals surface area contributed by atoms with Gasteiger partial charge in [-0.1, -0.05) is 13.8 Å². The van der Waals surface area contributed by atoms with Crippen molar-refractivity contribution in [3.8, 4) is 0 Å². The van der Waals surface area contributed by atoms with Gasteiger partial charge < -0.3 is 9.73 Å². The molecular formula is C13H18N4OS. The molecule has 0 aromatic carbocycles. The van der Waals surface area contributed by atoms with Crippen molar-refractivity contribution in [2.45, 2.75) is 43.9 Å². The van der Waals surface area contributed by atoms with Crippen LogP contribution in [0.1, 0.15) is 36.8 Å². The Morgan fingerprint density at radius 2 is 1.95 bits per heavy atom. The van der Waals surface area contributed by atoms with Crippen LogP contribution in [0.4, 0.5) is 5.82 Å². The molecule has 0 fully saturated rings. The molecule has 0 spiro atoms. The summed E-state index contributed by atoms with van der Waals surface area (Å²) in [5, 5.41) is 4.59. The molecule has 102 valence electrons. The van der Waals surface area contributed by atoms with E-state index < -0.39 is 0 Å². The molecular weight excluding hydrogens is 260 g/mol. The normalized spacial score (nSPS) is 11.1. The first-order chi connectivity index (χ1) is 9.01. The van der Waals surface area contributed by atoms with E-state index in [0.717, 1.165) is 27.9 Å². The largest absolute Gasteiger partial charge is 0.439 e. The van der Waals surface area contributed by atoms with Crippen molar-refractivity contribution in [2.24, 2.45) is 0 Å². The second-order valence-electron chi connectivity index (χ2n) is 4.62. The summed E-state index contributed by atoms with van der Waals surface area (Å²) in [5.41, 5.74) is 1.87. The Labute approximate surface area is 117 Å². The Balaban J connectivity index is 2.40. The third-order valence-electron chi connectivity index (χ3n) is 2.65. The summed E-state index contributed by atoms with van der Waals surface area (Å²) in [4.78, 5) is 13.4. The van der Waals surface area contributed by atoms with Gasteiger partial charge in [0.05, 0.1) is 5.69 Å². The van der Waals surface area contributed by atoms with Gasteiger partial charge in [0.1, 0.15) is 22.9 Å². The van der Waals surface area contributed by atoms with Gasteiger partial charge in [-0.15, -0.1) is 0 Å². The maximum absolute atomic E-state index is 5.37. The second kappa shape index (κ2) is 5.61. The van der Waals surface area contributed by atoms with Crippen molar-refractivity contribution in [1.29, 1.82) is 0 Å². The van der Waals surface area contributed by atoms with Crippen molar-refractivity contribution in [2.75, 3.05) is 12.4 Å². The minimum absolute atomic E-state index is 0.276. The molecule has 2 heterocycles. The molecule has 0 aliphatic heterocycles. The number of nitrogens with zero attached hydrogens (tertiary/aromatic N) is 3. The van der Waals surface area contributed by atoms with Gasteiger partial charge in [-0.3, -0.25) is 0 Å². The number of aromatic nitrogens is 3. The highest BCUT2D eigenvalue weighted by Gasteiger charge is 2.15. The predicted octanol–water partition coefficient (Wildman–Crippen LogP) is 3.40. The van der Waals surface area contributed by atoms with Crippen LogP contribution in [0, 0.1) is 13.8 Å². The standard InChI is InChI=1S/C13H18N4OS/c1-7(2)10-16-11(14-5)9(4)12(17-10)19-13-15-8(3)6-18-13/h6-7H,1-5H3,(H,14,16,17). The van der Waals surface area contributed by atoms with Crippen LogP contribution in [-0.2, 0) is 0 Å². The van der Waals surface area contributed by atoms with E-state index in [1.165, 1.54) is 11.8 Å². The van der Waals surface area contributed by atoms with Gasteiger partial charge in [-0.2, -0.15) is 0 Å². The molecule has 0 aliphatic carbocycles. The molecule has 0 saturated heterocycles. The van der Waals surface area contributed by atoms with Crippen LogP contribution >= 0.6 is 11.8 Å². The van der Waals surface area contributed by atoms with Gasteiger partial charge >= 0.3 is 0 Å². The fourth-order valence-corrected chi connectivity index (χ4v) is 2.42. The van der Waals surface area contributed by atoms with Gasteiger partial charge in [-0.25, -0.2) is 15.0 Å². The molecule has 1 N–H and O–H groups in total. The monoisotopic (exact) mass is 278 g/mol. The number of oxazole rings is 1. The Kier molecular flexibility index (Phi) is 4.09. The molecule has 0 bridgehead atoms. The Hall–Kier alpha value is -1.56. The molecule has 2 aromatic heterocycles. The van der Waals surface area contributed by atoms with Crippen molar-refractivity contribution < 1.29 is 4.42 Å². The average Bonchev–Trinajstić information content (AvgIpc) is 2.77. The summed E-state index contributed by atoms with van der Waals surface area (Å²) in [5.74, 6) is 1.95. The van der Waals surface area contributed by atoms with Crippen LogP contribution in [-0.4, -0.2) is 22.0 Å². The smallest absolute Gasteiger partial charge is 0.262 e. The molecule has 19 heavy (non-hydrogen) atoms. The lowest BCUT2D eigenvalue weighted by Gasteiger charge is -2.12. The summed E-state index contributed by atoms with van der Waals surface area (Å²) in [6.07, 6.45) is 1.64. The lowest BCUT2D eigenvalue weighted by atomic mass is 10.2. The molecule has 0 aliphatic rings. The fourth-order valence-electron chi connectivity index (χ4n) is 1.58. The number of anilines is 1. The zero-order valence-electron chi connectivity index (χ0n) is 11.8. The van der Waals surface area contributed by atoms with Crippen molar-refractivity contribution in [3.63, 3.8) is 0 Å². The molecule has 0 saturated carbocycles. The minimum Gasteiger partial charge on any atom is -0.439 e. The third kappa shape index (κ3) is 3.07. The van der Waals surface area contributed by atoms with Crippen molar-refractivity contribution in [3.05, 3.63) is 23.3 Å². The number of hydrogen-bond donors (Lipinski definition) is 1. The maximum atomic E-state index is 5.37. The van der Waals surface area contributed by atoms with E-state index in [9.17, 15) is 0 Å². The highest BCUT2D eigenvalue weighted by Crippen LogP contribution is 2.31. The Bertz CT molecular complexity index is 580. The number of rotatable bonds is 4. The first-order valence-corrected chi connectivity index (χ1v) is 6.99. The van der Waals surface area contributed by atoms with Gasteiger partial charge in [0.25, 0.3) is 5.22 Å². The van der Waals surface area contributed by atoms with E-state index >= 15 is 0 Å². The molecule has 0 amide bonds. The summed E-state index contributed by atoms with van der Waals surface area (Å²) >= 11 is 1.43. The lowest BCUT2D eigenvalue weighted by molar-refractivity contribution is 0.453. The van der Waals surface area contributed by atoms with Gasteiger partial charge in [-0.05, 0) is 25.6 Å². The number of aryl methyl sites for hydroxylation is 1. The number of nitrogens with one attached hydrogen (secondary N) is 1. The van der Waals surface area contributed by atoms with Crippen LogP contribution in [0.5, 0.6) is 0 Å². The molecule has 0 atom stereocenters. The summed E-state index contributed by atoms with van der Waals surface area (Å²) < 4.78 is 5.37. The van der Waals surface area contributed by atoms with Gasteiger partial charge in [0.2, 0.25) is 0 Å². The van der Waals surface area contributed by atoms with E-state index in [-0.39, 0.29) is 5.92 Å². The second-order valence-corrected chi connectivity index (χ2v) is 5.56. The fraction of sp³-hybridized carbons (Fsp3) is 0.462. The summed E-state index contributed by atoms with van der Waals surface area (Å²) in [6.45, 7) is 8.05. The number of hydrogen-bond acceptors (Lipinski definition) is 6. The van der Waals surface area contributed by atoms with Crippen molar-refractivity contribution in [1.82, 2.24) is 15.0 Å². The Morgan fingerprint density at radius 1 is 1.21 bits per heavy atom. The first kappa shape index (κ1) is 13.9. The molecule has 5 nitrogen and oxygen atoms in total. The van der Waals surface area contributed by atoms with E-state index in [1.54, 1.807) is 6.26 Å². The predicted molar refractivity (Wildman–Crippen MR) is 75.8 cm³/mol. The SMILES string of the molecule is CNc1nc(C(C)C)nc(Sc2nc(C)co2)c1C. The zero-order chi connectivity index (χ0) is 14.0. The molecule has 0 unspecified atom stereocenters. The Morgan fingerprint density at radius 3 is 2.47 bits per heavy atom. The molecule has 2 rings (SSSR count). The average molecular weight is 278 g/mol. The highest BCUT2D eigenvalue weighted by molar-refractivity contribution is 7.99. The summed E-state index contributed by atoms with van der Waals surface area (Å²) in [7, 11) is 1.86. The maximum Gasteiger partial charge on any atom is 0.262 e. The summed E-state index contributed by atoms with van der Waals surface area (Å²) in [6, 6.07) is 0. The van der Waals surface area contributed by atoms with E-state index in [1.807, 2.05) is 20.9 Å². The first-order valence-electron chi connectivity index (χ1n) is 6.17. The van der Waals surface area contributed by atoms with Crippen molar-refractivity contribution >= 4 is 17.6 Å². The zero-order valence-corrected chi connectivity index (χ0v) is 12.6. The van der Waals surface area contributed by atoms with Gasteiger partial charge in [0.15, 0.2) is 0 Å². The van der Waals surface area contributed by atoms with Crippen LogP contribution in [0.3, 0.4) is 0 Å². The molecule has 2 aromatic rings. The third-order valence-corrected chi connectivity index (χ3v) is 3.61. The quantitative estimate of drug-likeness (QED) is 0.865. The van der Waals surface area contributed by atoms with E-state index in [4.69, 9.17) is 4.42 Å². The molecule has 6 heteroatoms. The van der Waals surface area contributed by atoms with E-state index in [2.05, 4.69) is 34.1 Å². The topological polar surface area (TPSA) is 63.8 Å².